The first kappa shape index (κ1) is 17.4. The fourth-order valence-electron chi connectivity index (χ4n) is 1.88. The van der Waals surface area contributed by atoms with Crippen molar-refractivity contribution in [3.05, 3.63) is 35.4 Å². The van der Waals surface area contributed by atoms with Crippen LogP contribution in [0.3, 0.4) is 0 Å². The molecule has 0 aliphatic heterocycles. The fraction of sp³-hybridized carbons (Fsp3) is 0.429. The maximum absolute atomic E-state index is 13.3. The first-order chi connectivity index (χ1) is 9.77. The van der Waals surface area contributed by atoms with Crippen molar-refractivity contribution in [2.75, 3.05) is 5.75 Å². The number of amides is 1. The number of aliphatic carboxylic acids is 1. The van der Waals surface area contributed by atoms with E-state index >= 15 is 0 Å². The molecule has 0 saturated carbocycles. The van der Waals surface area contributed by atoms with Crippen molar-refractivity contribution in [3.63, 3.8) is 0 Å². The summed E-state index contributed by atoms with van der Waals surface area (Å²) in [6, 6.07) is 2.39. The van der Waals surface area contributed by atoms with Crippen LogP contribution in [0.5, 0.6) is 0 Å². The van der Waals surface area contributed by atoms with E-state index in [0.29, 0.717) is 5.56 Å². The molecule has 0 radical (unpaired) electrons. The first-order valence-electron chi connectivity index (χ1n) is 6.37. The Balaban J connectivity index is 2.90. The summed E-state index contributed by atoms with van der Waals surface area (Å²) in [5, 5.41) is 11.1. The average molecular weight is 317 g/mol. The van der Waals surface area contributed by atoms with Crippen LogP contribution in [-0.2, 0) is 9.59 Å². The molecule has 2 N–H and O–H groups in total. The van der Waals surface area contributed by atoms with Crippen molar-refractivity contribution in [3.8, 4) is 0 Å². The summed E-state index contributed by atoms with van der Waals surface area (Å²) in [5.74, 6) is -4.52. The lowest BCUT2D eigenvalue weighted by Gasteiger charge is -2.23. The van der Waals surface area contributed by atoms with Crippen LogP contribution >= 0.6 is 12.6 Å². The molecule has 0 bridgehead atoms. The molecule has 3 atom stereocenters. The second kappa shape index (κ2) is 7.40. The van der Waals surface area contributed by atoms with Crippen LogP contribution in [-0.4, -0.2) is 28.8 Å². The molecule has 0 aliphatic rings. The van der Waals surface area contributed by atoms with Crippen molar-refractivity contribution >= 4 is 24.5 Å². The molecule has 0 aliphatic carbocycles. The molecule has 0 heterocycles. The predicted octanol–water partition coefficient (Wildman–Crippen LogP) is 2.20. The van der Waals surface area contributed by atoms with Crippen molar-refractivity contribution in [1.82, 2.24) is 5.32 Å². The number of carboxylic acids is 1. The first-order valence-corrected chi connectivity index (χ1v) is 7.00. The van der Waals surface area contributed by atoms with Crippen LogP contribution in [0.4, 0.5) is 8.78 Å². The Morgan fingerprint density at radius 1 is 1.29 bits per heavy atom. The zero-order chi connectivity index (χ0) is 16.2. The SMILES string of the molecule is CC(c1ccc(F)c(F)c1)C(CS)C(=O)N[C@@H](C)C(=O)O. The van der Waals surface area contributed by atoms with Crippen molar-refractivity contribution in [1.29, 1.82) is 0 Å². The molecule has 0 spiro atoms. The lowest BCUT2D eigenvalue weighted by atomic mass is 9.88. The number of nitrogens with one attached hydrogen (secondary N) is 1. The Kier molecular flexibility index (Phi) is 6.14. The monoisotopic (exact) mass is 317 g/mol. The Morgan fingerprint density at radius 3 is 2.38 bits per heavy atom. The lowest BCUT2D eigenvalue weighted by molar-refractivity contribution is -0.141. The van der Waals surface area contributed by atoms with Gasteiger partial charge in [0.15, 0.2) is 11.6 Å². The highest BCUT2D eigenvalue weighted by Crippen LogP contribution is 2.27. The van der Waals surface area contributed by atoms with E-state index in [9.17, 15) is 18.4 Å². The molecule has 1 aromatic rings. The fourth-order valence-corrected chi connectivity index (χ4v) is 2.36. The number of carboxylic acid groups (broad SMARTS) is 1. The van der Waals surface area contributed by atoms with E-state index in [2.05, 4.69) is 17.9 Å². The standard InChI is InChI=1S/C14H17F2NO3S/c1-7(9-3-4-11(15)12(16)5-9)10(6-21)13(18)17-8(2)14(19)20/h3-5,7-8,10,21H,6H2,1-2H3,(H,17,18)(H,19,20)/t7?,8-,10?/m0/s1. The highest BCUT2D eigenvalue weighted by atomic mass is 32.1. The van der Waals surface area contributed by atoms with E-state index in [-0.39, 0.29) is 5.75 Å². The van der Waals surface area contributed by atoms with Gasteiger partial charge < -0.3 is 10.4 Å². The second-order valence-electron chi connectivity index (χ2n) is 4.82. The second-order valence-corrected chi connectivity index (χ2v) is 5.18. The van der Waals surface area contributed by atoms with Gasteiger partial charge in [-0.05, 0) is 30.5 Å². The number of carbonyl (C=O) groups excluding carboxylic acids is 1. The summed E-state index contributed by atoms with van der Waals surface area (Å²) < 4.78 is 26.2. The van der Waals surface area contributed by atoms with Gasteiger partial charge in [-0.15, -0.1) is 0 Å². The van der Waals surface area contributed by atoms with Gasteiger partial charge >= 0.3 is 5.97 Å². The minimum absolute atomic E-state index is 0.151. The van der Waals surface area contributed by atoms with Crippen LogP contribution in [0.25, 0.3) is 0 Å². The van der Waals surface area contributed by atoms with E-state index in [1.807, 2.05) is 0 Å². The molecule has 0 saturated heterocycles. The summed E-state index contributed by atoms with van der Waals surface area (Å²) >= 11 is 4.09. The number of hydrogen-bond donors (Lipinski definition) is 3. The average Bonchev–Trinajstić information content (AvgIpc) is 2.42. The van der Waals surface area contributed by atoms with Gasteiger partial charge in [-0.1, -0.05) is 13.0 Å². The molecular weight excluding hydrogens is 300 g/mol. The van der Waals surface area contributed by atoms with Crippen LogP contribution in [0.2, 0.25) is 0 Å². The highest BCUT2D eigenvalue weighted by molar-refractivity contribution is 7.80. The molecule has 1 rings (SSSR count). The van der Waals surface area contributed by atoms with Crippen LogP contribution in [0.1, 0.15) is 25.3 Å². The van der Waals surface area contributed by atoms with Gasteiger partial charge in [-0.25, -0.2) is 8.78 Å². The van der Waals surface area contributed by atoms with Gasteiger partial charge in [0.2, 0.25) is 5.91 Å². The third-order valence-electron chi connectivity index (χ3n) is 3.34. The highest BCUT2D eigenvalue weighted by Gasteiger charge is 2.27. The van der Waals surface area contributed by atoms with Gasteiger partial charge in [0.1, 0.15) is 6.04 Å². The number of thiol groups is 1. The third-order valence-corrected chi connectivity index (χ3v) is 3.73. The number of halogens is 2. The Morgan fingerprint density at radius 2 is 1.90 bits per heavy atom. The van der Waals surface area contributed by atoms with Crippen molar-refractivity contribution in [2.45, 2.75) is 25.8 Å². The molecule has 0 aromatic heterocycles. The number of benzene rings is 1. The minimum atomic E-state index is -1.15. The van der Waals surface area contributed by atoms with Crippen molar-refractivity contribution < 1.29 is 23.5 Å². The van der Waals surface area contributed by atoms with Crippen LogP contribution in [0, 0.1) is 17.6 Å². The van der Waals surface area contributed by atoms with Crippen LogP contribution in [0.15, 0.2) is 18.2 Å². The largest absolute Gasteiger partial charge is 0.480 e. The number of hydrogen-bond acceptors (Lipinski definition) is 3. The molecule has 21 heavy (non-hydrogen) atoms. The topological polar surface area (TPSA) is 66.4 Å². The van der Waals surface area contributed by atoms with Crippen molar-refractivity contribution in [2.24, 2.45) is 5.92 Å². The number of carbonyl (C=O) groups is 2. The summed E-state index contributed by atoms with van der Waals surface area (Å²) in [6.45, 7) is 3.02. The Bertz CT molecular complexity index is 539. The molecule has 4 nitrogen and oxygen atoms in total. The molecule has 7 heteroatoms. The van der Waals surface area contributed by atoms with E-state index in [0.717, 1.165) is 12.1 Å². The van der Waals surface area contributed by atoms with Gasteiger partial charge in [-0.3, -0.25) is 9.59 Å². The molecular formula is C14H17F2NO3S. The molecule has 0 fully saturated rings. The van der Waals surface area contributed by atoms with Gasteiger partial charge in [0.25, 0.3) is 0 Å². The van der Waals surface area contributed by atoms with E-state index < -0.39 is 41.4 Å². The normalized spacial score (nSPS) is 15.1. The zero-order valence-electron chi connectivity index (χ0n) is 11.6. The van der Waals surface area contributed by atoms with E-state index in [1.165, 1.54) is 13.0 Å². The molecule has 1 amide bonds. The summed E-state index contributed by atoms with van der Waals surface area (Å²) in [6.07, 6.45) is 0. The number of rotatable bonds is 6. The van der Waals surface area contributed by atoms with Gasteiger partial charge in [0, 0.05) is 5.75 Å². The minimum Gasteiger partial charge on any atom is -0.480 e. The lowest BCUT2D eigenvalue weighted by Crippen LogP contribution is -2.43. The summed E-state index contributed by atoms with van der Waals surface area (Å²) in [7, 11) is 0. The van der Waals surface area contributed by atoms with Crippen LogP contribution < -0.4 is 5.32 Å². The predicted molar refractivity (Wildman–Crippen MR) is 77.4 cm³/mol. The molecule has 2 unspecified atom stereocenters. The Labute approximate surface area is 127 Å². The molecule has 116 valence electrons. The molecule has 1 aromatic carbocycles. The smallest absolute Gasteiger partial charge is 0.325 e. The maximum atomic E-state index is 13.3. The third kappa shape index (κ3) is 4.42. The maximum Gasteiger partial charge on any atom is 0.325 e. The quantitative estimate of drug-likeness (QED) is 0.705. The summed E-state index contributed by atoms with van der Waals surface area (Å²) in [5.41, 5.74) is 0.450. The van der Waals surface area contributed by atoms with Gasteiger partial charge in [0.05, 0.1) is 5.92 Å². The summed E-state index contributed by atoms with van der Waals surface area (Å²) in [4.78, 5) is 22.8. The van der Waals surface area contributed by atoms with E-state index in [4.69, 9.17) is 5.11 Å². The Hall–Kier alpha value is -1.63. The van der Waals surface area contributed by atoms with Gasteiger partial charge in [-0.2, -0.15) is 12.6 Å². The van der Waals surface area contributed by atoms with E-state index in [1.54, 1.807) is 6.92 Å². The zero-order valence-corrected chi connectivity index (χ0v) is 12.5.